The third-order valence-electron chi connectivity index (χ3n) is 5.22. The highest BCUT2D eigenvalue weighted by Gasteiger charge is 2.27. The van der Waals surface area contributed by atoms with Gasteiger partial charge in [-0.05, 0) is 36.7 Å². The number of nitrogens with zero attached hydrogens (tertiary/aromatic N) is 3. The third kappa shape index (κ3) is 4.17. The standard InChI is InChI=1S/C22H25N3O3/c1-26-18-8-9-20(27-2)19(13-18)17-10-11-25(14-17)15-22-23-21(24-28-22)12-16-6-4-3-5-7-16/h3-9,13,17H,10-12,14-15H2,1-2H3. The number of hydrogen-bond donors (Lipinski definition) is 0. The monoisotopic (exact) mass is 379 g/mol. The molecule has 2 heterocycles. The first kappa shape index (κ1) is 18.5. The predicted molar refractivity (Wildman–Crippen MR) is 106 cm³/mol. The predicted octanol–water partition coefficient (Wildman–Crippen LogP) is 3.67. The Morgan fingerprint density at radius 2 is 1.96 bits per heavy atom. The van der Waals surface area contributed by atoms with Crippen LogP contribution in [0.3, 0.4) is 0 Å². The van der Waals surface area contributed by atoms with E-state index in [4.69, 9.17) is 14.0 Å². The lowest BCUT2D eigenvalue weighted by atomic mass is 9.97. The Kier molecular flexibility index (Phi) is 5.58. The average Bonchev–Trinajstić information content (AvgIpc) is 3.38. The lowest BCUT2D eigenvalue weighted by Crippen LogP contribution is -2.20. The van der Waals surface area contributed by atoms with Crippen LogP contribution in [0.1, 0.15) is 35.2 Å². The summed E-state index contributed by atoms with van der Waals surface area (Å²) in [6.45, 7) is 2.59. The van der Waals surface area contributed by atoms with Crippen molar-refractivity contribution < 1.29 is 14.0 Å². The molecule has 0 bridgehead atoms. The van der Waals surface area contributed by atoms with Crippen LogP contribution in [0.15, 0.2) is 53.1 Å². The van der Waals surface area contributed by atoms with Gasteiger partial charge in [-0.25, -0.2) is 0 Å². The van der Waals surface area contributed by atoms with Gasteiger partial charge in [0.1, 0.15) is 11.5 Å². The molecular weight excluding hydrogens is 354 g/mol. The average molecular weight is 379 g/mol. The molecule has 28 heavy (non-hydrogen) atoms. The van der Waals surface area contributed by atoms with E-state index in [9.17, 15) is 0 Å². The summed E-state index contributed by atoms with van der Waals surface area (Å²) >= 11 is 0. The summed E-state index contributed by atoms with van der Waals surface area (Å²) in [6.07, 6.45) is 1.75. The van der Waals surface area contributed by atoms with E-state index >= 15 is 0 Å². The Hall–Kier alpha value is -2.86. The quantitative estimate of drug-likeness (QED) is 0.624. The van der Waals surface area contributed by atoms with Crippen molar-refractivity contribution in [3.8, 4) is 11.5 Å². The zero-order valence-corrected chi connectivity index (χ0v) is 16.3. The van der Waals surface area contributed by atoms with Gasteiger partial charge in [0, 0.05) is 24.4 Å². The fourth-order valence-corrected chi connectivity index (χ4v) is 3.78. The van der Waals surface area contributed by atoms with Crippen LogP contribution in [0.25, 0.3) is 0 Å². The molecule has 0 amide bonds. The van der Waals surface area contributed by atoms with Gasteiger partial charge in [0.15, 0.2) is 5.82 Å². The van der Waals surface area contributed by atoms with E-state index in [-0.39, 0.29) is 0 Å². The molecule has 146 valence electrons. The van der Waals surface area contributed by atoms with Crippen LogP contribution in [0.2, 0.25) is 0 Å². The van der Waals surface area contributed by atoms with Crippen molar-refractivity contribution in [3.63, 3.8) is 0 Å². The van der Waals surface area contributed by atoms with Crippen LogP contribution in [0.4, 0.5) is 0 Å². The lowest BCUT2D eigenvalue weighted by molar-refractivity contribution is 0.264. The molecule has 1 aromatic heterocycles. The van der Waals surface area contributed by atoms with Gasteiger partial charge < -0.3 is 14.0 Å². The minimum absolute atomic E-state index is 0.400. The van der Waals surface area contributed by atoms with Crippen molar-refractivity contribution in [2.24, 2.45) is 0 Å². The van der Waals surface area contributed by atoms with Crippen molar-refractivity contribution in [2.75, 3.05) is 27.3 Å². The second-order valence-electron chi connectivity index (χ2n) is 7.10. The highest BCUT2D eigenvalue weighted by molar-refractivity contribution is 5.43. The van der Waals surface area contributed by atoms with Crippen molar-refractivity contribution >= 4 is 0 Å². The van der Waals surface area contributed by atoms with Crippen molar-refractivity contribution in [1.29, 1.82) is 0 Å². The maximum Gasteiger partial charge on any atom is 0.240 e. The van der Waals surface area contributed by atoms with Crippen LogP contribution >= 0.6 is 0 Å². The Bertz CT molecular complexity index is 910. The number of ether oxygens (including phenoxy) is 2. The number of methoxy groups -OCH3 is 2. The van der Waals surface area contributed by atoms with Crippen LogP contribution in [0, 0.1) is 0 Å². The minimum Gasteiger partial charge on any atom is -0.497 e. The van der Waals surface area contributed by atoms with E-state index in [0.29, 0.717) is 24.8 Å². The van der Waals surface area contributed by atoms with Gasteiger partial charge in [-0.15, -0.1) is 0 Å². The lowest BCUT2D eigenvalue weighted by Gasteiger charge is -2.17. The molecule has 0 radical (unpaired) electrons. The number of rotatable bonds is 7. The molecule has 1 fully saturated rings. The van der Waals surface area contributed by atoms with Gasteiger partial charge in [0.05, 0.1) is 20.8 Å². The Morgan fingerprint density at radius 1 is 1.11 bits per heavy atom. The van der Waals surface area contributed by atoms with Crippen LogP contribution in [0.5, 0.6) is 11.5 Å². The molecule has 6 heteroatoms. The van der Waals surface area contributed by atoms with Crippen LogP contribution < -0.4 is 9.47 Å². The molecule has 1 saturated heterocycles. The summed E-state index contributed by atoms with van der Waals surface area (Å²) in [5.41, 5.74) is 2.38. The number of benzene rings is 2. The molecule has 1 aliphatic heterocycles. The third-order valence-corrected chi connectivity index (χ3v) is 5.22. The SMILES string of the molecule is COc1ccc(OC)c(C2CCN(Cc3nc(Cc4ccccc4)no3)C2)c1. The topological polar surface area (TPSA) is 60.6 Å². The van der Waals surface area contributed by atoms with Gasteiger partial charge in [0.25, 0.3) is 0 Å². The maximum absolute atomic E-state index is 5.56. The number of likely N-dealkylation sites (tertiary alicyclic amines) is 1. The van der Waals surface area contributed by atoms with Gasteiger partial charge in [-0.1, -0.05) is 35.5 Å². The summed E-state index contributed by atoms with van der Waals surface area (Å²) in [7, 11) is 3.40. The highest BCUT2D eigenvalue weighted by atomic mass is 16.5. The Morgan fingerprint density at radius 3 is 2.75 bits per heavy atom. The highest BCUT2D eigenvalue weighted by Crippen LogP contribution is 2.36. The second kappa shape index (κ2) is 8.44. The summed E-state index contributed by atoms with van der Waals surface area (Å²) in [6, 6.07) is 16.2. The Balaban J connectivity index is 1.39. The first-order chi connectivity index (χ1) is 13.7. The van der Waals surface area contributed by atoms with E-state index < -0.39 is 0 Å². The molecule has 6 nitrogen and oxygen atoms in total. The van der Waals surface area contributed by atoms with Gasteiger partial charge in [0.2, 0.25) is 5.89 Å². The maximum atomic E-state index is 5.56. The fraction of sp³-hybridized carbons (Fsp3) is 0.364. The smallest absolute Gasteiger partial charge is 0.240 e. The normalized spacial score (nSPS) is 17.0. The summed E-state index contributed by atoms with van der Waals surface area (Å²) in [5, 5.41) is 4.13. The molecule has 1 aliphatic rings. The molecule has 0 aliphatic carbocycles. The first-order valence-corrected chi connectivity index (χ1v) is 9.55. The van der Waals surface area contributed by atoms with Gasteiger partial charge >= 0.3 is 0 Å². The molecule has 2 aromatic carbocycles. The van der Waals surface area contributed by atoms with Crippen molar-refractivity contribution in [3.05, 3.63) is 71.4 Å². The molecular formula is C22H25N3O3. The minimum atomic E-state index is 0.400. The molecule has 0 N–H and O–H groups in total. The van der Waals surface area contributed by atoms with E-state index in [0.717, 1.165) is 36.8 Å². The van der Waals surface area contributed by atoms with Crippen LogP contribution in [-0.4, -0.2) is 42.3 Å². The van der Waals surface area contributed by atoms with E-state index in [1.165, 1.54) is 11.1 Å². The molecule has 0 spiro atoms. The molecule has 3 aromatic rings. The molecule has 1 unspecified atom stereocenters. The largest absolute Gasteiger partial charge is 0.497 e. The van der Waals surface area contributed by atoms with Crippen molar-refractivity contribution in [2.45, 2.75) is 25.3 Å². The summed E-state index contributed by atoms with van der Waals surface area (Å²) in [4.78, 5) is 6.91. The first-order valence-electron chi connectivity index (χ1n) is 9.55. The van der Waals surface area contributed by atoms with E-state index in [1.54, 1.807) is 14.2 Å². The van der Waals surface area contributed by atoms with Crippen LogP contribution in [-0.2, 0) is 13.0 Å². The van der Waals surface area contributed by atoms with E-state index in [2.05, 4.69) is 33.2 Å². The number of hydrogen-bond acceptors (Lipinski definition) is 6. The Labute approximate surface area is 165 Å². The molecule has 4 rings (SSSR count). The molecule has 1 atom stereocenters. The summed E-state index contributed by atoms with van der Waals surface area (Å²) in [5.74, 6) is 3.57. The van der Waals surface area contributed by atoms with Gasteiger partial charge in [-0.3, -0.25) is 4.90 Å². The summed E-state index contributed by atoms with van der Waals surface area (Å²) < 4.78 is 16.4. The molecule has 0 saturated carbocycles. The van der Waals surface area contributed by atoms with Crippen molar-refractivity contribution in [1.82, 2.24) is 15.0 Å². The number of aromatic nitrogens is 2. The van der Waals surface area contributed by atoms with E-state index in [1.807, 2.05) is 30.3 Å². The second-order valence-corrected chi connectivity index (χ2v) is 7.10. The zero-order valence-electron chi connectivity index (χ0n) is 16.3. The zero-order chi connectivity index (χ0) is 19.3. The van der Waals surface area contributed by atoms with Gasteiger partial charge in [-0.2, -0.15) is 4.98 Å². The fourth-order valence-electron chi connectivity index (χ4n) is 3.78.